The van der Waals surface area contributed by atoms with E-state index in [-0.39, 0.29) is 21.6 Å². The smallest absolute Gasteiger partial charge is 0.193 e. The van der Waals surface area contributed by atoms with Crippen molar-refractivity contribution in [2.75, 3.05) is 0 Å². The predicted octanol–water partition coefficient (Wildman–Crippen LogP) is 2.71. The number of phenolic OH excluding ortho intramolecular Hbond substituents is 2. The zero-order chi connectivity index (χ0) is 13.0. The fourth-order valence-corrected chi connectivity index (χ4v) is 2.50. The molecule has 0 saturated heterocycles. The van der Waals surface area contributed by atoms with Crippen molar-refractivity contribution in [2.45, 2.75) is 25.8 Å². The summed E-state index contributed by atoms with van der Waals surface area (Å²) >= 11 is 5.98. The highest BCUT2D eigenvalue weighted by Crippen LogP contribution is 2.42. The summed E-state index contributed by atoms with van der Waals surface area (Å²) in [5.74, 6) is -0.737. The third-order valence-electron chi connectivity index (χ3n) is 3.34. The summed E-state index contributed by atoms with van der Waals surface area (Å²) in [5.41, 5.74) is 0.956. The van der Waals surface area contributed by atoms with Crippen LogP contribution < -0.4 is 5.43 Å². The zero-order valence-electron chi connectivity index (χ0n) is 9.77. The third-order valence-corrected chi connectivity index (χ3v) is 3.70. The second-order valence-electron chi connectivity index (χ2n) is 4.73. The molecule has 2 aromatic rings. The summed E-state index contributed by atoms with van der Waals surface area (Å²) < 4.78 is 1.96. The van der Waals surface area contributed by atoms with Crippen molar-refractivity contribution in [1.29, 1.82) is 0 Å². The van der Waals surface area contributed by atoms with Gasteiger partial charge in [0.25, 0.3) is 0 Å². The van der Waals surface area contributed by atoms with Crippen LogP contribution in [0.5, 0.6) is 11.5 Å². The first-order valence-electron chi connectivity index (χ1n) is 5.76. The van der Waals surface area contributed by atoms with Gasteiger partial charge in [0.2, 0.25) is 0 Å². The molecule has 5 heteroatoms. The molecule has 1 saturated carbocycles. The molecular formula is C13H12ClNO3. The number of aryl methyl sites for hydroxylation is 1. The Morgan fingerprint density at radius 1 is 1.39 bits per heavy atom. The Hall–Kier alpha value is -1.68. The van der Waals surface area contributed by atoms with Gasteiger partial charge in [0.05, 0.1) is 15.9 Å². The van der Waals surface area contributed by atoms with E-state index in [1.54, 1.807) is 13.1 Å². The second-order valence-corrected chi connectivity index (χ2v) is 5.11. The first kappa shape index (κ1) is 11.4. The molecule has 1 heterocycles. The van der Waals surface area contributed by atoms with Gasteiger partial charge in [-0.05, 0) is 19.8 Å². The number of fused-ring (bicyclic) bond motifs is 1. The van der Waals surface area contributed by atoms with Crippen LogP contribution in [0.4, 0.5) is 0 Å². The summed E-state index contributed by atoms with van der Waals surface area (Å²) in [5, 5.41) is 19.5. The second kappa shape index (κ2) is 3.65. The van der Waals surface area contributed by atoms with Gasteiger partial charge in [-0.25, -0.2) is 0 Å². The molecule has 0 spiro atoms. The lowest BCUT2D eigenvalue weighted by atomic mass is 10.1. The molecule has 1 aliphatic carbocycles. The Labute approximate surface area is 108 Å². The quantitative estimate of drug-likeness (QED) is 0.780. The molecule has 0 atom stereocenters. The average molecular weight is 266 g/mol. The minimum Gasteiger partial charge on any atom is -0.504 e. The van der Waals surface area contributed by atoms with Crippen LogP contribution in [0.15, 0.2) is 17.1 Å². The van der Waals surface area contributed by atoms with E-state index in [4.69, 9.17) is 11.6 Å². The van der Waals surface area contributed by atoms with E-state index in [9.17, 15) is 15.0 Å². The van der Waals surface area contributed by atoms with Gasteiger partial charge in [-0.1, -0.05) is 11.6 Å². The van der Waals surface area contributed by atoms with Crippen molar-refractivity contribution in [3.8, 4) is 11.5 Å². The standard InChI is InChI=1S/C13H12ClNO3/c1-6-5-15(7-2-3-7)8-4-9(16)13(18)11(14)10(8)12(6)17/h4-5,7,16,18H,2-3H2,1H3. The van der Waals surface area contributed by atoms with Crippen molar-refractivity contribution >= 4 is 22.5 Å². The first-order chi connectivity index (χ1) is 8.50. The van der Waals surface area contributed by atoms with E-state index in [0.29, 0.717) is 17.1 Å². The van der Waals surface area contributed by atoms with E-state index in [1.165, 1.54) is 6.07 Å². The molecule has 1 aromatic carbocycles. The Bertz CT molecular complexity index is 716. The topological polar surface area (TPSA) is 62.5 Å². The minimum atomic E-state index is -0.436. The summed E-state index contributed by atoms with van der Waals surface area (Å²) in [6.07, 6.45) is 3.89. The summed E-state index contributed by atoms with van der Waals surface area (Å²) in [6.45, 7) is 1.72. The molecular weight excluding hydrogens is 254 g/mol. The van der Waals surface area contributed by atoms with Crippen LogP contribution in [0.3, 0.4) is 0 Å². The molecule has 0 unspecified atom stereocenters. The van der Waals surface area contributed by atoms with Gasteiger partial charge in [-0.2, -0.15) is 0 Å². The van der Waals surface area contributed by atoms with Crippen molar-refractivity contribution in [2.24, 2.45) is 0 Å². The molecule has 0 bridgehead atoms. The summed E-state index contributed by atoms with van der Waals surface area (Å²) in [7, 11) is 0. The van der Waals surface area contributed by atoms with E-state index in [2.05, 4.69) is 0 Å². The van der Waals surface area contributed by atoms with Gasteiger partial charge in [-0.3, -0.25) is 4.79 Å². The Kier molecular flexibility index (Phi) is 2.32. The van der Waals surface area contributed by atoms with Crippen LogP contribution in [0.25, 0.3) is 10.9 Å². The number of aromatic nitrogens is 1. The van der Waals surface area contributed by atoms with Crippen molar-refractivity contribution in [3.63, 3.8) is 0 Å². The molecule has 1 fully saturated rings. The van der Waals surface area contributed by atoms with E-state index >= 15 is 0 Å². The van der Waals surface area contributed by atoms with Gasteiger partial charge < -0.3 is 14.8 Å². The van der Waals surface area contributed by atoms with Crippen molar-refractivity contribution < 1.29 is 10.2 Å². The minimum absolute atomic E-state index is 0.0758. The lowest BCUT2D eigenvalue weighted by Crippen LogP contribution is -2.12. The molecule has 94 valence electrons. The molecule has 0 amide bonds. The highest BCUT2D eigenvalue weighted by molar-refractivity contribution is 6.37. The van der Waals surface area contributed by atoms with E-state index in [0.717, 1.165) is 12.8 Å². The number of rotatable bonds is 1. The van der Waals surface area contributed by atoms with Crippen LogP contribution in [-0.2, 0) is 0 Å². The molecule has 0 radical (unpaired) electrons. The highest BCUT2D eigenvalue weighted by Gasteiger charge is 2.26. The van der Waals surface area contributed by atoms with Crippen LogP contribution in [0, 0.1) is 6.92 Å². The average Bonchev–Trinajstić information content (AvgIpc) is 3.14. The number of halogens is 1. The molecule has 1 aromatic heterocycles. The number of nitrogens with zero attached hydrogens (tertiary/aromatic N) is 1. The molecule has 1 aliphatic rings. The van der Waals surface area contributed by atoms with E-state index in [1.807, 2.05) is 4.57 Å². The van der Waals surface area contributed by atoms with Crippen LogP contribution in [0.2, 0.25) is 5.02 Å². The van der Waals surface area contributed by atoms with Crippen LogP contribution in [-0.4, -0.2) is 14.8 Å². The fourth-order valence-electron chi connectivity index (χ4n) is 2.22. The predicted molar refractivity (Wildman–Crippen MR) is 69.6 cm³/mol. The van der Waals surface area contributed by atoms with Crippen LogP contribution >= 0.6 is 11.6 Å². The van der Waals surface area contributed by atoms with Gasteiger partial charge >= 0.3 is 0 Å². The molecule has 3 rings (SSSR count). The van der Waals surface area contributed by atoms with Crippen LogP contribution in [0.1, 0.15) is 24.4 Å². The largest absolute Gasteiger partial charge is 0.504 e. The maximum atomic E-state index is 12.1. The zero-order valence-corrected chi connectivity index (χ0v) is 10.5. The third kappa shape index (κ3) is 1.49. The number of hydrogen-bond acceptors (Lipinski definition) is 3. The molecule has 2 N–H and O–H groups in total. The normalized spacial score (nSPS) is 15.2. The maximum Gasteiger partial charge on any atom is 0.193 e. The van der Waals surface area contributed by atoms with Crippen molar-refractivity contribution in [3.05, 3.63) is 33.1 Å². The SMILES string of the molecule is Cc1cn(C2CC2)c2cc(O)c(O)c(Cl)c2c1=O. The number of benzene rings is 1. The monoisotopic (exact) mass is 265 g/mol. The Morgan fingerprint density at radius 2 is 2.06 bits per heavy atom. The number of aromatic hydroxyl groups is 2. The number of pyridine rings is 1. The summed E-state index contributed by atoms with van der Waals surface area (Å²) in [4.78, 5) is 12.1. The lowest BCUT2D eigenvalue weighted by Gasteiger charge is -2.13. The molecule has 4 nitrogen and oxygen atoms in total. The maximum absolute atomic E-state index is 12.1. The van der Waals surface area contributed by atoms with Gasteiger partial charge in [0, 0.05) is 23.9 Å². The Morgan fingerprint density at radius 3 is 2.67 bits per heavy atom. The van der Waals surface area contributed by atoms with Gasteiger partial charge in [0.1, 0.15) is 0 Å². The number of phenols is 2. The van der Waals surface area contributed by atoms with Crippen molar-refractivity contribution in [1.82, 2.24) is 4.57 Å². The van der Waals surface area contributed by atoms with Gasteiger partial charge in [0.15, 0.2) is 16.9 Å². The number of hydrogen-bond donors (Lipinski definition) is 2. The summed E-state index contributed by atoms with van der Waals surface area (Å²) in [6, 6.07) is 1.75. The lowest BCUT2D eigenvalue weighted by molar-refractivity contribution is 0.404. The first-order valence-corrected chi connectivity index (χ1v) is 6.14. The fraction of sp³-hybridized carbons (Fsp3) is 0.308. The van der Waals surface area contributed by atoms with Gasteiger partial charge in [-0.15, -0.1) is 0 Å². The molecule has 0 aliphatic heterocycles. The molecule has 18 heavy (non-hydrogen) atoms. The highest BCUT2D eigenvalue weighted by atomic mass is 35.5. The Balaban J connectivity index is 2.52. The van der Waals surface area contributed by atoms with E-state index < -0.39 is 5.75 Å².